The average Bonchev–Trinajstić information content (AvgIpc) is 3.20. The molecule has 1 aliphatic heterocycles. The molecule has 21 heavy (non-hydrogen) atoms. The molecule has 5 heteroatoms. The van der Waals surface area contributed by atoms with Crippen LogP contribution >= 0.6 is 0 Å². The first-order valence-corrected chi connectivity index (χ1v) is 7.74. The van der Waals surface area contributed by atoms with Crippen molar-refractivity contribution in [2.75, 3.05) is 11.9 Å². The summed E-state index contributed by atoms with van der Waals surface area (Å²) in [5.74, 6) is 1.98. The molecule has 1 fully saturated rings. The Kier molecular flexibility index (Phi) is 4.29. The van der Waals surface area contributed by atoms with E-state index in [2.05, 4.69) is 24.3 Å². The van der Waals surface area contributed by atoms with Crippen LogP contribution in [-0.2, 0) is 17.7 Å². The SMILES string of the molecule is CCc1ccc([C@@H](C)Nc2cnn(C[C@H]3CCCO3)c2)o1. The zero-order chi connectivity index (χ0) is 14.7. The first-order chi connectivity index (χ1) is 10.2. The smallest absolute Gasteiger partial charge is 0.126 e. The molecule has 2 aromatic heterocycles. The molecular weight excluding hydrogens is 266 g/mol. The number of nitrogens with one attached hydrogen (secondary N) is 1. The van der Waals surface area contributed by atoms with Crippen LogP contribution in [0.1, 0.15) is 44.3 Å². The predicted molar refractivity (Wildman–Crippen MR) is 81.3 cm³/mol. The number of hydrogen-bond donors (Lipinski definition) is 1. The maximum absolute atomic E-state index is 5.77. The van der Waals surface area contributed by atoms with E-state index in [1.54, 1.807) is 0 Å². The van der Waals surface area contributed by atoms with Gasteiger partial charge in [0.25, 0.3) is 0 Å². The Hall–Kier alpha value is -1.75. The van der Waals surface area contributed by atoms with E-state index in [0.29, 0.717) is 6.10 Å². The molecule has 0 unspecified atom stereocenters. The maximum Gasteiger partial charge on any atom is 0.126 e. The fraction of sp³-hybridized carbons (Fsp3) is 0.562. The lowest BCUT2D eigenvalue weighted by molar-refractivity contribution is 0.0940. The van der Waals surface area contributed by atoms with E-state index in [-0.39, 0.29) is 6.04 Å². The van der Waals surface area contributed by atoms with E-state index in [1.165, 1.54) is 0 Å². The minimum atomic E-state index is 0.130. The van der Waals surface area contributed by atoms with Gasteiger partial charge in [-0.15, -0.1) is 0 Å². The third-order valence-electron chi connectivity index (χ3n) is 3.89. The predicted octanol–water partition coefficient (Wildman–Crippen LogP) is 3.39. The Labute approximate surface area is 125 Å². The zero-order valence-corrected chi connectivity index (χ0v) is 12.7. The van der Waals surface area contributed by atoms with Gasteiger partial charge in [-0.3, -0.25) is 4.68 Å². The Balaban J connectivity index is 1.58. The largest absolute Gasteiger partial charge is 0.464 e. The van der Waals surface area contributed by atoms with E-state index in [9.17, 15) is 0 Å². The van der Waals surface area contributed by atoms with Crippen LogP contribution in [-0.4, -0.2) is 22.5 Å². The lowest BCUT2D eigenvalue weighted by Crippen LogP contribution is -2.15. The van der Waals surface area contributed by atoms with Crippen LogP contribution in [0.5, 0.6) is 0 Å². The summed E-state index contributed by atoms with van der Waals surface area (Å²) in [6.07, 6.45) is 7.41. The third-order valence-corrected chi connectivity index (χ3v) is 3.89. The van der Waals surface area contributed by atoms with E-state index >= 15 is 0 Å². The number of aromatic nitrogens is 2. The molecular formula is C16H23N3O2. The van der Waals surface area contributed by atoms with Crippen LogP contribution in [0.3, 0.4) is 0 Å². The van der Waals surface area contributed by atoms with Gasteiger partial charge < -0.3 is 14.5 Å². The molecule has 0 bridgehead atoms. The van der Waals surface area contributed by atoms with Gasteiger partial charge >= 0.3 is 0 Å². The highest BCUT2D eigenvalue weighted by Crippen LogP contribution is 2.22. The van der Waals surface area contributed by atoms with Crippen molar-refractivity contribution in [2.45, 2.75) is 51.8 Å². The standard InChI is InChI=1S/C16H23N3O2/c1-3-14-6-7-16(21-14)12(2)18-13-9-17-19(10-13)11-15-5-4-8-20-15/h6-7,9-10,12,15,18H,3-5,8,11H2,1-2H3/t12-,15-/m1/s1. The topological polar surface area (TPSA) is 52.2 Å². The number of nitrogens with zero attached hydrogens (tertiary/aromatic N) is 2. The number of hydrogen-bond acceptors (Lipinski definition) is 4. The van der Waals surface area contributed by atoms with Crippen LogP contribution in [0.2, 0.25) is 0 Å². The fourth-order valence-corrected chi connectivity index (χ4v) is 2.67. The molecule has 0 amide bonds. The highest BCUT2D eigenvalue weighted by molar-refractivity contribution is 5.40. The highest BCUT2D eigenvalue weighted by Gasteiger charge is 2.17. The summed E-state index contributed by atoms with van der Waals surface area (Å²) < 4.78 is 13.4. The summed E-state index contributed by atoms with van der Waals surface area (Å²) in [5, 5.41) is 7.81. The normalized spacial score (nSPS) is 19.8. The summed E-state index contributed by atoms with van der Waals surface area (Å²) in [6.45, 7) is 5.90. The summed E-state index contributed by atoms with van der Waals surface area (Å²) in [4.78, 5) is 0. The van der Waals surface area contributed by atoms with Gasteiger partial charge in [0.05, 0.1) is 30.6 Å². The van der Waals surface area contributed by atoms with Crippen LogP contribution < -0.4 is 5.32 Å². The van der Waals surface area contributed by atoms with Crippen LogP contribution in [0.15, 0.2) is 28.9 Å². The lowest BCUT2D eigenvalue weighted by Gasteiger charge is -2.11. The van der Waals surface area contributed by atoms with Crippen LogP contribution in [0, 0.1) is 0 Å². The van der Waals surface area contributed by atoms with Crippen molar-refractivity contribution in [1.29, 1.82) is 0 Å². The van der Waals surface area contributed by atoms with Crippen molar-refractivity contribution in [1.82, 2.24) is 9.78 Å². The molecule has 1 saturated heterocycles. The Morgan fingerprint density at radius 2 is 2.38 bits per heavy atom. The molecule has 3 heterocycles. The minimum Gasteiger partial charge on any atom is -0.464 e. The van der Waals surface area contributed by atoms with Crippen LogP contribution in [0.25, 0.3) is 0 Å². The van der Waals surface area contributed by atoms with Crippen molar-refractivity contribution >= 4 is 5.69 Å². The van der Waals surface area contributed by atoms with Crippen LogP contribution in [0.4, 0.5) is 5.69 Å². The van der Waals surface area contributed by atoms with Gasteiger partial charge in [0, 0.05) is 19.2 Å². The quantitative estimate of drug-likeness (QED) is 0.885. The first-order valence-electron chi connectivity index (χ1n) is 7.74. The van der Waals surface area contributed by atoms with Crippen molar-refractivity contribution in [3.63, 3.8) is 0 Å². The molecule has 5 nitrogen and oxygen atoms in total. The zero-order valence-electron chi connectivity index (χ0n) is 12.7. The monoisotopic (exact) mass is 289 g/mol. The Bertz CT molecular complexity index is 570. The van der Waals surface area contributed by atoms with Crippen molar-refractivity contribution in [3.05, 3.63) is 36.0 Å². The highest BCUT2D eigenvalue weighted by atomic mass is 16.5. The summed E-state index contributed by atoms with van der Waals surface area (Å²) in [7, 11) is 0. The van der Waals surface area contributed by atoms with E-state index in [1.807, 2.05) is 29.2 Å². The van der Waals surface area contributed by atoms with Crippen molar-refractivity contribution < 1.29 is 9.15 Å². The minimum absolute atomic E-state index is 0.130. The first kappa shape index (κ1) is 14.2. The number of furan rings is 1. The fourth-order valence-electron chi connectivity index (χ4n) is 2.67. The molecule has 0 spiro atoms. The second kappa shape index (κ2) is 6.35. The number of rotatable bonds is 6. The average molecular weight is 289 g/mol. The molecule has 1 aliphatic rings. The summed E-state index contributed by atoms with van der Waals surface area (Å²) >= 11 is 0. The molecule has 0 radical (unpaired) electrons. The van der Waals surface area contributed by atoms with Gasteiger partial charge in [0.2, 0.25) is 0 Å². The molecule has 0 aromatic carbocycles. The number of ether oxygens (including phenoxy) is 1. The van der Waals surface area contributed by atoms with Crippen molar-refractivity contribution in [2.24, 2.45) is 0 Å². The molecule has 1 N–H and O–H groups in total. The summed E-state index contributed by atoms with van der Waals surface area (Å²) in [5.41, 5.74) is 1.01. The molecule has 0 aliphatic carbocycles. The van der Waals surface area contributed by atoms with Crippen molar-refractivity contribution in [3.8, 4) is 0 Å². The van der Waals surface area contributed by atoms with E-state index in [4.69, 9.17) is 9.15 Å². The maximum atomic E-state index is 5.77. The van der Waals surface area contributed by atoms with Gasteiger partial charge in [0.15, 0.2) is 0 Å². The Morgan fingerprint density at radius 3 is 3.10 bits per heavy atom. The Morgan fingerprint density at radius 1 is 1.48 bits per heavy atom. The molecule has 2 atom stereocenters. The summed E-state index contributed by atoms with van der Waals surface area (Å²) in [6, 6.07) is 4.20. The number of anilines is 1. The number of aryl methyl sites for hydroxylation is 1. The lowest BCUT2D eigenvalue weighted by atomic mass is 10.2. The van der Waals surface area contributed by atoms with E-state index in [0.717, 1.165) is 49.6 Å². The van der Waals surface area contributed by atoms with Gasteiger partial charge in [-0.2, -0.15) is 5.10 Å². The second-order valence-electron chi connectivity index (χ2n) is 5.61. The molecule has 0 saturated carbocycles. The van der Waals surface area contributed by atoms with Gasteiger partial charge in [0.1, 0.15) is 11.5 Å². The second-order valence-corrected chi connectivity index (χ2v) is 5.61. The molecule has 3 rings (SSSR count). The molecule has 114 valence electrons. The van der Waals surface area contributed by atoms with Gasteiger partial charge in [-0.25, -0.2) is 0 Å². The third kappa shape index (κ3) is 3.47. The van der Waals surface area contributed by atoms with E-state index < -0.39 is 0 Å². The van der Waals surface area contributed by atoms with Gasteiger partial charge in [-0.1, -0.05) is 6.92 Å². The van der Waals surface area contributed by atoms with Gasteiger partial charge in [-0.05, 0) is 31.9 Å². The molecule has 2 aromatic rings.